The molecule has 6 heteroatoms. The van der Waals surface area contributed by atoms with Gasteiger partial charge in [-0.3, -0.25) is 4.79 Å². The van der Waals surface area contributed by atoms with Gasteiger partial charge in [-0.05, 0) is 45.3 Å². The lowest BCUT2D eigenvalue weighted by Gasteiger charge is -2.32. The second-order valence-electron chi connectivity index (χ2n) is 5.89. The number of anilines is 1. The van der Waals surface area contributed by atoms with Gasteiger partial charge < -0.3 is 14.6 Å². The Kier molecular flexibility index (Phi) is 4.14. The average molecular weight is 296 g/mol. The van der Waals surface area contributed by atoms with Crippen LogP contribution < -0.4 is 10.8 Å². The van der Waals surface area contributed by atoms with E-state index in [2.05, 4.69) is 5.32 Å². The molecule has 1 aromatic rings. The van der Waals surface area contributed by atoms with E-state index >= 15 is 0 Å². The van der Waals surface area contributed by atoms with Gasteiger partial charge in [-0.15, -0.1) is 11.6 Å². The monoisotopic (exact) mass is 295 g/mol. The minimum Gasteiger partial charge on any atom is -0.399 e. The van der Waals surface area contributed by atoms with Crippen molar-refractivity contribution in [1.29, 1.82) is 0 Å². The van der Waals surface area contributed by atoms with Crippen LogP contribution in [0.5, 0.6) is 0 Å². The third kappa shape index (κ3) is 3.00. The van der Waals surface area contributed by atoms with Crippen LogP contribution in [0, 0.1) is 0 Å². The SMILES string of the molecule is CC1(C)OB(c2ccc(NC(=O)CCl)cc2)OC1(C)C. The van der Waals surface area contributed by atoms with E-state index in [1.54, 1.807) is 0 Å². The van der Waals surface area contributed by atoms with E-state index < -0.39 is 7.12 Å². The van der Waals surface area contributed by atoms with Gasteiger partial charge in [-0.1, -0.05) is 12.1 Å². The molecule has 1 fully saturated rings. The molecule has 1 heterocycles. The maximum absolute atomic E-state index is 11.2. The second kappa shape index (κ2) is 5.39. The maximum atomic E-state index is 11.2. The summed E-state index contributed by atoms with van der Waals surface area (Å²) in [6.07, 6.45) is 0. The summed E-state index contributed by atoms with van der Waals surface area (Å²) in [6, 6.07) is 7.38. The molecule has 1 aliphatic heterocycles. The fourth-order valence-corrected chi connectivity index (χ4v) is 1.96. The van der Waals surface area contributed by atoms with Gasteiger partial charge in [0.15, 0.2) is 0 Å². The summed E-state index contributed by atoms with van der Waals surface area (Å²) < 4.78 is 11.9. The molecule has 0 radical (unpaired) electrons. The number of rotatable bonds is 3. The number of hydrogen-bond acceptors (Lipinski definition) is 3. The van der Waals surface area contributed by atoms with Gasteiger partial charge in [0.05, 0.1) is 11.2 Å². The van der Waals surface area contributed by atoms with Gasteiger partial charge in [0.2, 0.25) is 5.91 Å². The van der Waals surface area contributed by atoms with Crippen LogP contribution >= 0.6 is 11.6 Å². The number of halogens is 1. The highest BCUT2D eigenvalue weighted by molar-refractivity contribution is 6.62. The fourth-order valence-electron chi connectivity index (χ4n) is 1.90. The van der Waals surface area contributed by atoms with E-state index in [0.717, 1.165) is 5.46 Å². The predicted octanol–water partition coefficient (Wildman–Crippen LogP) is 2.16. The van der Waals surface area contributed by atoms with E-state index in [0.29, 0.717) is 5.69 Å². The molecule has 4 nitrogen and oxygen atoms in total. The maximum Gasteiger partial charge on any atom is 0.494 e. The minimum atomic E-state index is -0.391. The van der Waals surface area contributed by atoms with Crippen molar-refractivity contribution in [2.24, 2.45) is 0 Å². The van der Waals surface area contributed by atoms with Crippen molar-refractivity contribution in [3.63, 3.8) is 0 Å². The molecule has 108 valence electrons. The van der Waals surface area contributed by atoms with Crippen molar-refractivity contribution in [3.05, 3.63) is 24.3 Å². The van der Waals surface area contributed by atoms with Gasteiger partial charge in [0.1, 0.15) is 5.88 Å². The standard InChI is InChI=1S/C14H19BClNO3/c1-13(2)14(3,4)20-15(19-13)10-5-7-11(8-6-10)17-12(18)9-16/h5-8H,9H2,1-4H3,(H,17,18). The summed E-state index contributed by atoms with van der Waals surface area (Å²) in [4.78, 5) is 11.2. The van der Waals surface area contributed by atoms with Crippen LogP contribution in [-0.2, 0) is 14.1 Å². The number of hydrogen-bond donors (Lipinski definition) is 1. The Morgan fingerprint density at radius 3 is 2.10 bits per heavy atom. The van der Waals surface area contributed by atoms with Crippen LogP contribution in [0.25, 0.3) is 0 Å². The van der Waals surface area contributed by atoms with E-state index in [1.807, 2.05) is 52.0 Å². The molecular weight excluding hydrogens is 276 g/mol. The molecule has 1 saturated heterocycles. The summed E-state index contributed by atoms with van der Waals surface area (Å²) in [6.45, 7) is 8.06. The van der Waals surface area contributed by atoms with Crippen molar-refractivity contribution < 1.29 is 14.1 Å². The van der Waals surface area contributed by atoms with Crippen molar-refractivity contribution in [2.75, 3.05) is 11.2 Å². The Morgan fingerprint density at radius 2 is 1.65 bits per heavy atom. The zero-order chi connectivity index (χ0) is 15.0. The first kappa shape index (κ1) is 15.4. The second-order valence-corrected chi connectivity index (χ2v) is 6.16. The zero-order valence-corrected chi connectivity index (χ0v) is 13.0. The number of benzene rings is 1. The number of carbonyl (C=O) groups is 1. The fraction of sp³-hybridized carbons (Fsp3) is 0.500. The first-order valence-electron chi connectivity index (χ1n) is 6.56. The third-order valence-corrected chi connectivity index (χ3v) is 4.08. The highest BCUT2D eigenvalue weighted by Gasteiger charge is 2.51. The third-order valence-electron chi connectivity index (χ3n) is 3.84. The van der Waals surface area contributed by atoms with Crippen LogP contribution in [0.3, 0.4) is 0 Å². The molecule has 0 spiro atoms. The van der Waals surface area contributed by atoms with E-state index in [-0.39, 0.29) is 23.0 Å². The van der Waals surface area contributed by atoms with Gasteiger partial charge in [0, 0.05) is 5.69 Å². The van der Waals surface area contributed by atoms with Crippen molar-refractivity contribution in [3.8, 4) is 0 Å². The van der Waals surface area contributed by atoms with E-state index in [9.17, 15) is 4.79 Å². The average Bonchev–Trinajstić information content (AvgIpc) is 2.59. The summed E-state index contributed by atoms with van der Waals surface area (Å²) in [5.41, 5.74) is 0.912. The Morgan fingerprint density at radius 1 is 1.15 bits per heavy atom. The molecular formula is C14H19BClNO3. The Labute approximate surface area is 124 Å². The number of amides is 1. The Bertz CT molecular complexity index is 486. The molecule has 0 unspecified atom stereocenters. The van der Waals surface area contributed by atoms with E-state index in [4.69, 9.17) is 20.9 Å². The first-order chi connectivity index (χ1) is 9.25. The largest absolute Gasteiger partial charge is 0.494 e. The molecule has 1 aliphatic rings. The molecule has 0 bridgehead atoms. The Balaban J connectivity index is 2.10. The Hall–Kier alpha value is -1.04. The van der Waals surface area contributed by atoms with Crippen molar-refractivity contribution in [1.82, 2.24) is 0 Å². The van der Waals surface area contributed by atoms with Crippen molar-refractivity contribution in [2.45, 2.75) is 38.9 Å². The predicted molar refractivity (Wildman–Crippen MR) is 81.5 cm³/mol. The summed E-state index contributed by atoms with van der Waals surface area (Å²) in [5.74, 6) is -0.283. The molecule has 1 amide bonds. The highest BCUT2D eigenvalue weighted by Crippen LogP contribution is 2.36. The van der Waals surface area contributed by atoms with E-state index in [1.165, 1.54) is 0 Å². The van der Waals surface area contributed by atoms with Gasteiger partial charge in [0.25, 0.3) is 0 Å². The molecule has 0 aliphatic carbocycles. The van der Waals surface area contributed by atoms with Crippen LogP contribution in [-0.4, -0.2) is 30.1 Å². The molecule has 20 heavy (non-hydrogen) atoms. The van der Waals surface area contributed by atoms with Crippen LogP contribution in [0.2, 0.25) is 0 Å². The minimum absolute atomic E-state index is 0.0566. The summed E-state index contributed by atoms with van der Waals surface area (Å²) in [7, 11) is -0.391. The smallest absolute Gasteiger partial charge is 0.399 e. The topological polar surface area (TPSA) is 47.6 Å². The lowest BCUT2D eigenvalue weighted by molar-refractivity contribution is -0.113. The normalized spacial score (nSPS) is 19.9. The molecule has 2 rings (SSSR count). The lowest BCUT2D eigenvalue weighted by atomic mass is 9.79. The molecule has 1 aromatic carbocycles. The molecule has 0 saturated carbocycles. The van der Waals surface area contributed by atoms with Crippen molar-refractivity contribution >= 4 is 35.8 Å². The summed E-state index contributed by atoms with van der Waals surface area (Å²) >= 11 is 5.45. The lowest BCUT2D eigenvalue weighted by Crippen LogP contribution is -2.41. The van der Waals surface area contributed by atoms with Gasteiger partial charge in [-0.2, -0.15) is 0 Å². The number of alkyl halides is 1. The zero-order valence-electron chi connectivity index (χ0n) is 12.2. The molecule has 0 atom stereocenters. The first-order valence-corrected chi connectivity index (χ1v) is 7.10. The summed E-state index contributed by atoms with van der Waals surface area (Å²) in [5, 5.41) is 2.69. The quantitative estimate of drug-likeness (QED) is 0.687. The highest BCUT2D eigenvalue weighted by atomic mass is 35.5. The number of nitrogens with one attached hydrogen (secondary N) is 1. The molecule has 1 N–H and O–H groups in total. The van der Waals surface area contributed by atoms with Gasteiger partial charge >= 0.3 is 7.12 Å². The van der Waals surface area contributed by atoms with Crippen LogP contribution in [0.1, 0.15) is 27.7 Å². The van der Waals surface area contributed by atoms with Crippen LogP contribution in [0.15, 0.2) is 24.3 Å². The van der Waals surface area contributed by atoms with Crippen LogP contribution in [0.4, 0.5) is 5.69 Å². The van der Waals surface area contributed by atoms with Gasteiger partial charge in [-0.25, -0.2) is 0 Å². The number of carbonyl (C=O) groups excluding carboxylic acids is 1. The molecule has 0 aromatic heterocycles.